The second kappa shape index (κ2) is 6.18. The molecule has 0 unspecified atom stereocenters. The molecule has 1 amide bonds. The van der Waals surface area contributed by atoms with Crippen LogP contribution in [0.5, 0.6) is 0 Å². The lowest BCUT2D eigenvalue weighted by atomic mass is 9.95. The molecule has 0 aliphatic carbocycles. The predicted octanol–water partition coefficient (Wildman–Crippen LogP) is 1.16. The number of para-hydroxylation sites is 1. The predicted molar refractivity (Wildman–Crippen MR) is 89.4 cm³/mol. The molecule has 0 saturated carbocycles. The lowest BCUT2D eigenvalue weighted by molar-refractivity contribution is -0.121. The van der Waals surface area contributed by atoms with Crippen LogP contribution >= 0.6 is 12.4 Å². The zero-order valence-corrected chi connectivity index (χ0v) is 14.2. The molecule has 1 aromatic carbocycles. The molecule has 1 saturated heterocycles. The third kappa shape index (κ3) is 2.64. The summed E-state index contributed by atoms with van der Waals surface area (Å²) < 4.78 is 23.4. The SMILES string of the molecule is CS(=O)(=O)C1(C(=O)N2CCc3ccccc32)CCNCC1.Cl. The van der Waals surface area contributed by atoms with Crippen LogP contribution in [0.2, 0.25) is 0 Å². The molecule has 7 heteroatoms. The molecule has 0 radical (unpaired) electrons. The number of nitrogens with one attached hydrogen (secondary N) is 1. The van der Waals surface area contributed by atoms with E-state index in [0.29, 0.717) is 32.5 Å². The summed E-state index contributed by atoms with van der Waals surface area (Å²) in [7, 11) is -3.46. The van der Waals surface area contributed by atoms with Crippen LogP contribution in [-0.4, -0.2) is 45.0 Å². The van der Waals surface area contributed by atoms with Crippen molar-refractivity contribution < 1.29 is 13.2 Å². The smallest absolute Gasteiger partial charge is 0.248 e. The molecule has 22 heavy (non-hydrogen) atoms. The van der Waals surface area contributed by atoms with Crippen molar-refractivity contribution in [2.75, 3.05) is 30.8 Å². The van der Waals surface area contributed by atoms with Gasteiger partial charge in [-0.1, -0.05) is 18.2 Å². The summed E-state index contributed by atoms with van der Waals surface area (Å²) in [6.07, 6.45) is 2.69. The average molecular weight is 345 g/mol. The van der Waals surface area contributed by atoms with Crippen molar-refractivity contribution in [1.29, 1.82) is 0 Å². The maximum absolute atomic E-state index is 13.1. The second-order valence-corrected chi connectivity index (χ2v) is 8.18. The van der Waals surface area contributed by atoms with E-state index in [1.54, 1.807) is 4.90 Å². The van der Waals surface area contributed by atoms with Gasteiger partial charge in [0.2, 0.25) is 5.91 Å². The Hall–Kier alpha value is -1.11. The van der Waals surface area contributed by atoms with Gasteiger partial charge in [0.05, 0.1) is 0 Å². The summed E-state index contributed by atoms with van der Waals surface area (Å²) in [5.74, 6) is -0.253. The molecule has 2 aliphatic heterocycles. The van der Waals surface area contributed by atoms with Crippen LogP contribution in [-0.2, 0) is 21.1 Å². The number of carbonyl (C=O) groups is 1. The lowest BCUT2D eigenvalue weighted by Crippen LogP contribution is -2.58. The van der Waals surface area contributed by atoms with Crippen LogP contribution in [0, 0.1) is 0 Å². The van der Waals surface area contributed by atoms with E-state index in [0.717, 1.165) is 17.7 Å². The Morgan fingerprint density at radius 2 is 1.86 bits per heavy atom. The van der Waals surface area contributed by atoms with E-state index in [9.17, 15) is 13.2 Å². The summed E-state index contributed by atoms with van der Waals surface area (Å²) in [5, 5.41) is 3.14. The van der Waals surface area contributed by atoms with Crippen molar-refractivity contribution in [2.45, 2.75) is 24.0 Å². The van der Waals surface area contributed by atoms with Crippen LogP contribution in [0.1, 0.15) is 18.4 Å². The number of amides is 1. The zero-order valence-electron chi connectivity index (χ0n) is 12.5. The highest BCUT2D eigenvalue weighted by atomic mass is 35.5. The molecule has 2 aliphatic rings. The number of anilines is 1. The number of carbonyl (C=O) groups excluding carboxylic acids is 1. The van der Waals surface area contributed by atoms with Crippen molar-refractivity contribution >= 4 is 33.8 Å². The number of hydrogen-bond donors (Lipinski definition) is 1. The molecule has 2 heterocycles. The first kappa shape index (κ1) is 17.2. The van der Waals surface area contributed by atoms with Gasteiger partial charge in [-0.2, -0.15) is 0 Å². The summed E-state index contributed by atoms with van der Waals surface area (Å²) in [4.78, 5) is 14.7. The third-order valence-electron chi connectivity index (χ3n) is 4.64. The van der Waals surface area contributed by atoms with Gasteiger partial charge in [0.25, 0.3) is 0 Å². The minimum absolute atomic E-state index is 0. The Balaban J connectivity index is 0.00000176. The van der Waals surface area contributed by atoms with Gasteiger partial charge in [-0.25, -0.2) is 8.42 Å². The molecule has 1 aromatic rings. The number of nitrogens with zero attached hydrogens (tertiary/aromatic N) is 1. The highest BCUT2D eigenvalue weighted by molar-refractivity contribution is 7.92. The fourth-order valence-corrected chi connectivity index (χ4v) is 4.74. The van der Waals surface area contributed by atoms with Gasteiger partial charge in [0.1, 0.15) is 0 Å². The third-order valence-corrected chi connectivity index (χ3v) is 6.65. The first-order chi connectivity index (χ1) is 9.96. The number of rotatable bonds is 2. The van der Waals surface area contributed by atoms with E-state index in [-0.39, 0.29) is 18.3 Å². The summed E-state index contributed by atoms with van der Waals surface area (Å²) in [6.45, 7) is 1.70. The molecule has 0 aromatic heterocycles. The molecule has 1 fully saturated rings. The van der Waals surface area contributed by atoms with Crippen molar-refractivity contribution in [1.82, 2.24) is 5.32 Å². The second-order valence-electron chi connectivity index (χ2n) is 5.85. The molecule has 1 N–H and O–H groups in total. The van der Waals surface area contributed by atoms with Crippen LogP contribution in [0.15, 0.2) is 24.3 Å². The number of benzene rings is 1. The summed E-state index contributed by atoms with van der Waals surface area (Å²) in [6, 6.07) is 7.74. The normalized spacial score (nSPS) is 20.1. The minimum Gasteiger partial charge on any atom is -0.317 e. The number of hydrogen-bond acceptors (Lipinski definition) is 4. The van der Waals surface area contributed by atoms with Crippen LogP contribution in [0.3, 0.4) is 0 Å². The average Bonchev–Trinajstić information content (AvgIpc) is 2.90. The van der Waals surface area contributed by atoms with Gasteiger partial charge in [0, 0.05) is 18.5 Å². The van der Waals surface area contributed by atoms with Crippen LogP contribution < -0.4 is 10.2 Å². The molecule has 3 rings (SSSR count). The van der Waals surface area contributed by atoms with Gasteiger partial charge in [-0.3, -0.25) is 4.79 Å². The number of sulfone groups is 1. The molecular weight excluding hydrogens is 324 g/mol. The van der Waals surface area contributed by atoms with Crippen molar-refractivity contribution in [3.63, 3.8) is 0 Å². The van der Waals surface area contributed by atoms with Gasteiger partial charge < -0.3 is 10.2 Å². The first-order valence-electron chi connectivity index (χ1n) is 7.26. The molecule has 122 valence electrons. The Morgan fingerprint density at radius 1 is 1.23 bits per heavy atom. The van der Waals surface area contributed by atoms with Crippen molar-refractivity contribution in [3.8, 4) is 0 Å². The topological polar surface area (TPSA) is 66.5 Å². The quantitative estimate of drug-likeness (QED) is 0.874. The lowest BCUT2D eigenvalue weighted by Gasteiger charge is -2.37. The van der Waals surface area contributed by atoms with Gasteiger partial charge in [-0.05, 0) is 44.0 Å². The first-order valence-corrected chi connectivity index (χ1v) is 9.15. The van der Waals surface area contributed by atoms with E-state index in [2.05, 4.69) is 5.32 Å². The van der Waals surface area contributed by atoms with E-state index < -0.39 is 14.6 Å². The standard InChI is InChI=1S/C15H20N2O3S.ClH/c1-21(19,20)15(7-9-16-10-8-15)14(18)17-11-6-12-4-2-3-5-13(12)17;/h2-5,16H,6-11H2,1H3;1H. The van der Waals surface area contributed by atoms with Crippen LogP contribution in [0.4, 0.5) is 5.69 Å². The van der Waals surface area contributed by atoms with Gasteiger partial charge in [0.15, 0.2) is 14.6 Å². The van der Waals surface area contributed by atoms with E-state index >= 15 is 0 Å². The van der Waals surface area contributed by atoms with Crippen molar-refractivity contribution in [2.24, 2.45) is 0 Å². The van der Waals surface area contributed by atoms with Gasteiger partial charge in [-0.15, -0.1) is 12.4 Å². The zero-order chi connectivity index (χ0) is 15.1. The van der Waals surface area contributed by atoms with Gasteiger partial charge >= 0.3 is 0 Å². The minimum atomic E-state index is -3.46. The Labute approximate surface area is 137 Å². The van der Waals surface area contributed by atoms with Crippen LogP contribution in [0.25, 0.3) is 0 Å². The highest BCUT2D eigenvalue weighted by Gasteiger charge is 2.51. The van der Waals surface area contributed by atoms with E-state index in [1.165, 1.54) is 6.26 Å². The molecule has 5 nitrogen and oxygen atoms in total. The maximum Gasteiger partial charge on any atom is 0.248 e. The fraction of sp³-hybridized carbons (Fsp3) is 0.533. The number of piperidine rings is 1. The summed E-state index contributed by atoms with van der Waals surface area (Å²) in [5.41, 5.74) is 1.98. The molecule has 0 atom stereocenters. The Kier molecular flexibility index (Phi) is 4.84. The van der Waals surface area contributed by atoms with E-state index in [4.69, 9.17) is 0 Å². The maximum atomic E-state index is 13.1. The fourth-order valence-electron chi connectivity index (χ4n) is 3.37. The Morgan fingerprint density at radius 3 is 2.50 bits per heavy atom. The highest BCUT2D eigenvalue weighted by Crippen LogP contribution is 2.35. The summed E-state index contributed by atoms with van der Waals surface area (Å²) >= 11 is 0. The van der Waals surface area contributed by atoms with E-state index in [1.807, 2.05) is 24.3 Å². The molecular formula is C15H21ClN2O3S. The largest absolute Gasteiger partial charge is 0.317 e. The molecule has 0 spiro atoms. The number of fused-ring (bicyclic) bond motifs is 1. The Bertz CT molecular complexity index is 669. The van der Waals surface area contributed by atoms with Crippen molar-refractivity contribution in [3.05, 3.63) is 29.8 Å². The number of halogens is 1. The molecule has 0 bridgehead atoms. The monoisotopic (exact) mass is 344 g/mol.